The van der Waals surface area contributed by atoms with E-state index in [1.54, 1.807) is 0 Å². The average molecular weight is 220 g/mol. The molecule has 2 aliphatic carbocycles. The molecule has 4 atom stereocenters. The lowest BCUT2D eigenvalue weighted by atomic mass is 9.61. The van der Waals surface area contributed by atoms with Crippen molar-refractivity contribution >= 4 is 0 Å². The van der Waals surface area contributed by atoms with Crippen LogP contribution in [-0.2, 0) is 0 Å². The van der Waals surface area contributed by atoms with Crippen molar-refractivity contribution in [2.75, 3.05) is 0 Å². The number of hydrogen-bond acceptors (Lipinski definition) is 1. The first-order chi connectivity index (χ1) is 7.50. The predicted octanol–water partition coefficient (Wildman–Crippen LogP) is 3.55. The summed E-state index contributed by atoms with van der Waals surface area (Å²) in [5, 5.41) is 10.2. The molecule has 0 spiro atoms. The zero-order valence-corrected chi connectivity index (χ0v) is 10.7. The van der Waals surface area contributed by atoms with Gasteiger partial charge in [-0.25, -0.2) is 0 Å². The summed E-state index contributed by atoms with van der Waals surface area (Å²) in [6.45, 7) is 10.9. The average Bonchev–Trinajstić information content (AvgIpc) is 2.15. The molecule has 90 valence electrons. The first-order valence-electron chi connectivity index (χ1n) is 6.53. The lowest BCUT2D eigenvalue weighted by Gasteiger charge is -2.45. The maximum atomic E-state index is 10.2. The molecule has 0 aromatic heterocycles. The second-order valence-electron chi connectivity index (χ2n) is 5.99. The molecule has 16 heavy (non-hydrogen) atoms. The molecular weight excluding hydrogens is 196 g/mol. The van der Waals surface area contributed by atoms with Gasteiger partial charge in [0.15, 0.2) is 0 Å². The number of allylic oxidation sites excluding steroid dienone is 2. The first kappa shape index (κ1) is 11.9. The minimum Gasteiger partial charge on any atom is -0.392 e. The van der Waals surface area contributed by atoms with Gasteiger partial charge in [0.25, 0.3) is 0 Å². The highest BCUT2D eigenvalue weighted by Crippen LogP contribution is 2.47. The van der Waals surface area contributed by atoms with E-state index in [1.165, 1.54) is 24.0 Å². The van der Waals surface area contributed by atoms with Crippen LogP contribution in [0.25, 0.3) is 0 Å². The summed E-state index contributed by atoms with van der Waals surface area (Å²) in [4.78, 5) is 0. The van der Waals surface area contributed by atoms with Gasteiger partial charge in [-0.2, -0.15) is 0 Å². The van der Waals surface area contributed by atoms with Crippen molar-refractivity contribution in [3.63, 3.8) is 0 Å². The molecule has 1 N–H and O–H groups in total. The molecular formula is C15H24O. The number of hydrogen-bond donors (Lipinski definition) is 1. The fourth-order valence-electron chi connectivity index (χ4n) is 3.66. The van der Waals surface area contributed by atoms with Gasteiger partial charge in [0.1, 0.15) is 0 Å². The lowest BCUT2D eigenvalue weighted by Crippen LogP contribution is -2.42. The van der Waals surface area contributed by atoms with Crippen LogP contribution >= 0.6 is 0 Å². The van der Waals surface area contributed by atoms with Crippen LogP contribution in [0.15, 0.2) is 23.8 Å². The third-order valence-electron chi connectivity index (χ3n) is 4.45. The highest BCUT2D eigenvalue weighted by Gasteiger charge is 2.41. The van der Waals surface area contributed by atoms with E-state index in [-0.39, 0.29) is 6.10 Å². The van der Waals surface area contributed by atoms with Gasteiger partial charge in [-0.05, 0) is 49.9 Å². The summed E-state index contributed by atoms with van der Waals surface area (Å²) in [6, 6.07) is 0. The van der Waals surface area contributed by atoms with Crippen LogP contribution in [0.4, 0.5) is 0 Å². The molecule has 1 nitrogen and oxygen atoms in total. The summed E-state index contributed by atoms with van der Waals surface area (Å²) in [6.07, 6.45) is 5.49. The maximum Gasteiger partial charge on any atom is 0.0613 e. The van der Waals surface area contributed by atoms with Crippen LogP contribution in [0.5, 0.6) is 0 Å². The molecule has 1 fully saturated rings. The highest BCUT2D eigenvalue weighted by atomic mass is 16.3. The zero-order valence-electron chi connectivity index (χ0n) is 10.7. The van der Waals surface area contributed by atoms with Gasteiger partial charge in [-0.1, -0.05) is 37.6 Å². The van der Waals surface area contributed by atoms with Crippen LogP contribution in [0.1, 0.15) is 40.0 Å². The van der Waals surface area contributed by atoms with E-state index < -0.39 is 0 Å². The minimum absolute atomic E-state index is 0.184. The Morgan fingerprint density at radius 1 is 1.44 bits per heavy atom. The summed E-state index contributed by atoms with van der Waals surface area (Å²) in [5.41, 5.74) is 2.77. The molecule has 0 amide bonds. The molecule has 0 aliphatic heterocycles. The van der Waals surface area contributed by atoms with E-state index in [1.807, 2.05) is 0 Å². The molecule has 0 heterocycles. The van der Waals surface area contributed by atoms with E-state index in [2.05, 4.69) is 33.4 Å². The van der Waals surface area contributed by atoms with Crippen molar-refractivity contribution in [2.45, 2.75) is 46.1 Å². The topological polar surface area (TPSA) is 20.2 Å². The fraction of sp³-hybridized carbons (Fsp3) is 0.733. The van der Waals surface area contributed by atoms with Gasteiger partial charge in [-0.15, -0.1) is 0 Å². The van der Waals surface area contributed by atoms with Crippen LogP contribution in [0.3, 0.4) is 0 Å². The minimum atomic E-state index is -0.184. The van der Waals surface area contributed by atoms with Gasteiger partial charge in [0, 0.05) is 0 Å². The van der Waals surface area contributed by atoms with Crippen molar-refractivity contribution in [1.82, 2.24) is 0 Å². The van der Waals surface area contributed by atoms with E-state index >= 15 is 0 Å². The van der Waals surface area contributed by atoms with E-state index in [4.69, 9.17) is 0 Å². The quantitative estimate of drug-likeness (QED) is 0.670. The van der Waals surface area contributed by atoms with Gasteiger partial charge < -0.3 is 5.11 Å². The normalized spacial score (nSPS) is 39.6. The third-order valence-corrected chi connectivity index (χ3v) is 4.45. The summed E-state index contributed by atoms with van der Waals surface area (Å²) < 4.78 is 0. The van der Waals surface area contributed by atoms with Crippen molar-refractivity contribution in [1.29, 1.82) is 0 Å². The maximum absolute atomic E-state index is 10.2. The summed E-state index contributed by atoms with van der Waals surface area (Å²) >= 11 is 0. The Morgan fingerprint density at radius 2 is 2.12 bits per heavy atom. The molecule has 0 aromatic carbocycles. The first-order valence-corrected chi connectivity index (χ1v) is 6.53. The Kier molecular flexibility index (Phi) is 3.25. The fourth-order valence-corrected chi connectivity index (χ4v) is 3.66. The molecule has 1 heteroatoms. The van der Waals surface area contributed by atoms with Crippen molar-refractivity contribution < 1.29 is 5.11 Å². The number of fused-ring (bicyclic) bond motifs is 1. The second-order valence-corrected chi connectivity index (χ2v) is 5.99. The van der Waals surface area contributed by atoms with Crippen LogP contribution < -0.4 is 0 Å². The second kappa shape index (κ2) is 4.37. The van der Waals surface area contributed by atoms with Crippen LogP contribution in [0, 0.1) is 23.7 Å². The Balaban J connectivity index is 2.31. The molecule has 2 aliphatic rings. The number of rotatable bonds is 1. The number of aliphatic hydroxyl groups excluding tert-OH is 1. The molecule has 0 radical (unpaired) electrons. The predicted molar refractivity (Wildman–Crippen MR) is 68.1 cm³/mol. The van der Waals surface area contributed by atoms with E-state index in [0.717, 1.165) is 6.42 Å². The SMILES string of the molecule is C=C1CC(O)C(C(C)C)C2C=C(C)CCC12. The van der Waals surface area contributed by atoms with Crippen molar-refractivity contribution in [3.8, 4) is 0 Å². The van der Waals surface area contributed by atoms with Gasteiger partial charge in [0.2, 0.25) is 0 Å². The van der Waals surface area contributed by atoms with E-state index in [9.17, 15) is 5.11 Å². The van der Waals surface area contributed by atoms with Gasteiger partial charge in [-0.3, -0.25) is 0 Å². The smallest absolute Gasteiger partial charge is 0.0613 e. The van der Waals surface area contributed by atoms with Crippen molar-refractivity contribution in [3.05, 3.63) is 23.8 Å². The molecule has 0 saturated heterocycles. The Morgan fingerprint density at radius 3 is 2.75 bits per heavy atom. The van der Waals surface area contributed by atoms with Crippen LogP contribution in [-0.4, -0.2) is 11.2 Å². The number of aliphatic hydroxyl groups is 1. The monoisotopic (exact) mass is 220 g/mol. The largest absolute Gasteiger partial charge is 0.392 e. The zero-order chi connectivity index (χ0) is 11.9. The van der Waals surface area contributed by atoms with Crippen LogP contribution in [0.2, 0.25) is 0 Å². The summed E-state index contributed by atoms with van der Waals surface area (Å²) in [5.74, 6) is 2.13. The lowest BCUT2D eigenvalue weighted by molar-refractivity contribution is 0.0163. The molecule has 0 bridgehead atoms. The molecule has 0 aromatic rings. The van der Waals surface area contributed by atoms with Crippen molar-refractivity contribution in [2.24, 2.45) is 23.7 Å². The van der Waals surface area contributed by atoms with Gasteiger partial charge in [0.05, 0.1) is 6.10 Å². The molecule has 2 rings (SSSR count). The third kappa shape index (κ3) is 1.98. The van der Waals surface area contributed by atoms with E-state index in [0.29, 0.717) is 23.7 Å². The Bertz CT molecular complexity index is 313. The standard InChI is InChI=1S/C15H24O/c1-9(2)15-13-7-10(3)5-6-12(13)11(4)8-14(15)16/h7,9,12-16H,4-6,8H2,1-3H3. The summed E-state index contributed by atoms with van der Waals surface area (Å²) in [7, 11) is 0. The highest BCUT2D eigenvalue weighted by molar-refractivity contribution is 5.21. The molecule has 1 saturated carbocycles. The Hall–Kier alpha value is -0.560. The Labute approximate surface area is 99.3 Å². The molecule has 4 unspecified atom stereocenters. The van der Waals surface area contributed by atoms with Gasteiger partial charge >= 0.3 is 0 Å².